The minimum absolute atomic E-state index is 0.0208. The molecule has 0 radical (unpaired) electrons. The SMILES string of the molecule is C#CCn1nc(CNC(=O)c2ccc([N+](=O)[O-])cc2)c2ccccc2c1=O. The molecule has 134 valence electrons. The van der Waals surface area contributed by atoms with Crippen molar-refractivity contribution in [1.82, 2.24) is 15.1 Å². The molecular weight excluding hydrogens is 348 g/mol. The van der Waals surface area contributed by atoms with Gasteiger partial charge in [0.15, 0.2) is 0 Å². The Morgan fingerprint density at radius 1 is 1.19 bits per heavy atom. The number of nitrogens with one attached hydrogen (secondary N) is 1. The van der Waals surface area contributed by atoms with Gasteiger partial charge in [0.2, 0.25) is 0 Å². The number of carbonyl (C=O) groups is 1. The van der Waals surface area contributed by atoms with Crippen molar-refractivity contribution in [3.63, 3.8) is 0 Å². The normalized spacial score (nSPS) is 10.3. The topological polar surface area (TPSA) is 107 Å². The van der Waals surface area contributed by atoms with Crippen LogP contribution in [0.1, 0.15) is 16.1 Å². The maximum absolute atomic E-state index is 12.4. The number of nitro benzene ring substituents is 1. The standard InChI is InChI=1S/C19H14N4O4/c1-2-11-22-19(25)16-6-4-3-5-15(16)17(21-22)12-20-18(24)13-7-9-14(10-8-13)23(26)27/h1,3-10H,11-12H2,(H,20,24). The Morgan fingerprint density at radius 2 is 1.85 bits per heavy atom. The maximum atomic E-state index is 12.4. The Kier molecular flexibility index (Phi) is 4.95. The summed E-state index contributed by atoms with van der Waals surface area (Å²) in [7, 11) is 0. The lowest BCUT2D eigenvalue weighted by atomic mass is 10.1. The van der Waals surface area contributed by atoms with E-state index >= 15 is 0 Å². The van der Waals surface area contributed by atoms with Gasteiger partial charge < -0.3 is 5.32 Å². The van der Waals surface area contributed by atoms with Gasteiger partial charge in [-0.15, -0.1) is 6.42 Å². The van der Waals surface area contributed by atoms with E-state index in [2.05, 4.69) is 16.3 Å². The zero-order valence-corrected chi connectivity index (χ0v) is 14.1. The molecule has 0 spiro atoms. The van der Waals surface area contributed by atoms with E-state index in [-0.39, 0.29) is 29.9 Å². The van der Waals surface area contributed by atoms with Crippen LogP contribution in [0.5, 0.6) is 0 Å². The van der Waals surface area contributed by atoms with Crippen LogP contribution in [-0.4, -0.2) is 20.6 Å². The zero-order valence-electron chi connectivity index (χ0n) is 14.1. The minimum Gasteiger partial charge on any atom is -0.346 e. The third kappa shape index (κ3) is 3.67. The van der Waals surface area contributed by atoms with Crippen LogP contribution in [0.2, 0.25) is 0 Å². The van der Waals surface area contributed by atoms with E-state index in [0.717, 1.165) is 0 Å². The van der Waals surface area contributed by atoms with Gasteiger partial charge in [0.05, 0.1) is 22.5 Å². The first kappa shape index (κ1) is 17.8. The molecule has 1 aromatic heterocycles. The van der Waals surface area contributed by atoms with Crippen molar-refractivity contribution >= 4 is 22.4 Å². The molecule has 0 aliphatic heterocycles. The summed E-state index contributed by atoms with van der Waals surface area (Å²) >= 11 is 0. The van der Waals surface area contributed by atoms with Gasteiger partial charge in [0, 0.05) is 23.1 Å². The summed E-state index contributed by atoms with van der Waals surface area (Å²) in [5, 5.41) is 18.7. The second-order valence-electron chi connectivity index (χ2n) is 5.65. The summed E-state index contributed by atoms with van der Waals surface area (Å²) in [6.07, 6.45) is 5.29. The van der Waals surface area contributed by atoms with Crippen molar-refractivity contribution < 1.29 is 9.72 Å². The summed E-state index contributed by atoms with van der Waals surface area (Å²) < 4.78 is 1.18. The van der Waals surface area contributed by atoms with Crippen molar-refractivity contribution in [2.45, 2.75) is 13.1 Å². The molecule has 3 aromatic rings. The molecule has 0 unspecified atom stereocenters. The number of fused-ring (bicyclic) bond motifs is 1. The van der Waals surface area contributed by atoms with Crippen LogP contribution >= 0.6 is 0 Å². The average molecular weight is 362 g/mol. The van der Waals surface area contributed by atoms with Gasteiger partial charge in [-0.2, -0.15) is 5.10 Å². The molecule has 0 saturated heterocycles. The summed E-state index contributed by atoms with van der Waals surface area (Å²) in [4.78, 5) is 34.8. The Hall–Kier alpha value is -3.99. The number of rotatable bonds is 5. The largest absolute Gasteiger partial charge is 0.346 e. The molecule has 1 heterocycles. The first-order valence-electron chi connectivity index (χ1n) is 7.96. The Bertz CT molecular complexity index is 1130. The van der Waals surface area contributed by atoms with Gasteiger partial charge in [-0.3, -0.25) is 19.7 Å². The van der Waals surface area contributed by atoms with Crippen LogP contribution in [0.4, 0.5) is 5.69 Å². The lowest BCUT2D eigenvalue weighted by molar-refractivity contribution is -0.384. The predicted molar refractivity (Wildman–Crippen MR) is 99.1 cm³/mol. The smallest absolute Gasteiger partial charge is 0.275 e. The molecule has 0 fully saturated rings. The van der Waals surface area contributed by atoms with Gasteiger partial charge in [-0.25, -0.2) is 4.68 Å². The number of terminal acetylenes is 1. The molecular formula is C19H14N4O4. The van der Waals surface area contributed by atoms with E-state index in [1.165, 1.54) is 28.9 Å². The van der Waals surface area contributed by atoms with E-state index in [0.29, 0.717) is 16.5 Å². The van der Waals surface area contributed by atoms with Gasteiger partial charge in [0.25, 0.3) is 17.2 Å². The molecule has 3 rings (SSSR count). The van der Waals surface area contributed by atoms with Crippen LogP contribution in [0.3, 0.4) is 0 Å². The third-order valence-electron chi connectivity index (χ3n) is 3.94. The Labute approximate surface area is 153 Å². The van der Waals surface area contributed by atoms with Crippen molar-refractivity contribution in [3.8, 4) is 12.3 Å². The van der Waals surface area contributed by atoms with E-state index < -0.39 is 10.8 Å². The maximum Gasteiger partial charge on any atom is 0.275 e. The molecule has 8 heteroatoms. The van der Waals surface area contributed by atoms with Crippen LogP contribution in [-0.2, 0) is 13.1 Å². The molecule has 0 aliphatic rings. The minimum atomic E-state index is -0.535. The van der Waals surface area contributed by atoms with E-state index in [4.69, 9.17) is 6.42 Å². The van der Waals surface area contributed by atoms with E-state index in [1.54, 1.807) is 24.3 Å². The van der Waals surface area contributed by atoms with Crippen molar-refractivity contribution in [3.05, 3.63) is 80.3 Å². The molecule has 0 bridgehead atoms. The molecule has 1 amide bonds. The van der Waals surface area contributed by atoms with Crippen LogP contribution < -0.4 is 10.9 Å². The van der Waals surface area contributed by atoms with Crippen molar-refractivity contribution in [1.29, 1.82) is 0 Å². The number of benzene rings is 2. The molecule has 27 heavy (non-hydrogen) atoms. The number of hydrogen-bond donors (Lipinski definition) is 1. The highest BCUT2D eigenvalue weighted by molar-refractivity contribution is 5.94. The number of nitrogens with zero attached hydrogens (tertiary/aromatic N) is 3. The number of amides is 1. The average Bonchev–Trinajstić information content (AvgIpc) is 2.69. The third-order valence-corrected chi connectivity index (χ3v) is 3.94. The lowest BCUT2D eigenvalue weighted by Crippen LogP contribution is -2.28. The molecule has 0 atom stereocenters. The summed E-state index contributed by atoms with van der Waals surface area (Å²) in [6, 6.07) is 12.2. The number of hydrogen-bond acceptors (Lipinski definition) is 5. The monoisotopic (exact) mass is 362 g/mol. The first-order valence-corrected chi connectivity index (χ1v) is 7.96. The van der Waals surface area contributed by atoms with Gasteiger partial charge >= 0.3 is 0 Å². The molecule has 2 aromatic carbocycles. The number of non-ortho nitro benzene ring substituents is 1. The fourth-order valence-electron chi connectivity index (χ4n) is 2.63. The predicted octanol–water partition coefficient (Wildman–Crippen LogP) is 1.87. The fraction of sp³-hybridized carbons (Fsp3) is 0.105. The highest BCUT2D eigenvalue weighted by Gasteiger charge is 2.13. The molecule has 8 nitrogen and oxygen atoms in total. The lowest BCUT2D eigenvalue weighted by Gasteiger charge is -2.10. The second-order valence-corrected chi connectivity index (χ2v) is 5.65. The van der Waals surface area contributed by atoms with Crippen LogP contribution in [0.15, 0.2) is 53.3 Å². The quantitative estimate of drug-likeness (QED) is 0.423. The Balaban J connectivity index is 1.87. The summed E-state index contributed by atoms with van der Waals surface area (Å²) in [5.41, 5.74) is 0.382. The molecule has 1 N–H and O–H groups in total. The Morgan fingerprint density at radius 3 is 2.48 bits per heavy atom. The van der Waals surface area contributed by atoms with Crippen molar-refractivity contribution in [2.75, 3.05) is 0 Å². The van der Waals surface area contributed by atoms with E-state index in [9.17, 15) is 19.7 Å². The summed E-state index contributed by atoms with van der Waals surface area (Å²) in [6.45, 7) is 0.0914. The number of carbonyl (C=O) groups excluding carboxylic acids is 1. The van der Waals surface area contributed by atoms with Gasteiger partial charge in [0.1, 0.15) is 6.54 Å². The van der Waals surface area contributed by atoms with Gasteiger partial charge in [-0.05, 0) is 18.2 Å². The molecule has 0 aliphatic carbocycles. The fourth-order valence-corrected chi connectivity index (χ4v) is 2.63. The summed E-state index contributed by atoms with van der Waals surface area (Å²) in [5.74, 6) is 1.97. The number of nitro groups is 1. The van der Waals surface area contributed by atoms with Gasteiger partial charge in [-0.1, -0.05) is 24.1 Å². The number of aromatic nitrogens is 2. The van der Waals surface area contributed by atoms with E-state index in [1.807, 2.05) is 0 Å². The second kappa shape index (κ2) is 7.49. The van der Waals surface area contributed by atoms with Crippen molar-refractivity contribution in [2.24, 2.45) is 0 Å². The first-order chi connectivity index (χ1) is 13.0. The highest BCUT2D eigenvalue weighted by Crippen LogP contribution is 2.14. The van der Waals surface area contributed by atoms with Crippen LogP contribution in [0.25, 0.3) is 10.8 Å². The zero-order chi connectivity index (χ0) is 19.4. The van der Waals surface area contributed by atoms with Crippen LogP contribution in [0, 0.1) is 22.5 Å². The molecule has 0 saturated carbocycles. The highest BCUT2D eigenvalue weighted by atomic mass is 16.6.